The lowest BCUT2D eigenvalue weighted by Crippen LogP contribution is -2.09. The van der Waals surface area contributed by atoms with Crippen LogP contribution >= 0.6 is 0 Å². The van der Waals surface area contributed by atoms with Gasteiger partial charge in [0.05, 0.1) is 6.26 Å². The highest BCUT2D eigenvalue weighted by Gasteiger charge is 2.14. The normalized spacial score (nSPS) is 13.3. The van der Waals surface area contributed by atoms with E-state index in [1.165, 1.54) is 16.8 Å². The third-order valence-corrected chi connectivity index (χ3v) is 5.79. The summed E-state index contributed by atoms with van der Waals surface area (Å²) in [5.41, 5.74) is 8.20. The zero-order valence-electron chi connectivity index (χ0n) is 15.9. The van der Waals surface area contributed by atoms with Gasteiger partial charge in [-0.05, 0) is 53.4 Å². The van der Waals surface area contributed by atoms with E-state index in [0.717, 1.165) is 46.9 Å². The van der Waals surface area contributed by atoms with Gasteiger partial charge in [0.25, 0.3) is 0 Å². The Labute approximate surface area is 169 Å². The van der Waals surface area contributed by atoms with E-state index in [0.29, 0.717) is 5.69 Å². The van der Waals surface area contributed by atoms with Gasteiger partial charge in [-0.1, -0.05) is 18.2 Å². The smallest absolute Gasteiger partial charge is 0.229 e. The van der Waals surface area contributed by atoms with Crippen molar-refractivity contribution in [2.75, 3.05) is 22.8 Å². The largest absolute Gasteiger partial charge is 0.384 e. The number of hydrogen-bond donors (Lipinski definition) is 3. The average molecular weight is 404 g/mol. The average Bonchev–Trinajstić information content (AvgIpc) is 3.33. The summed E-state index contributed by atoms with van der Waals surface area (Å²) in [7, 11) is -3.29. The van der Waals surface area contributed by atoms with E-state index in [1.54, 1.807) is 12.1 Å². The first-order chi connectivity index (χ1) is 14.0. The number of nitrogens with zero attached hydrogens (tertiary/aromatic N) is 1. The standard InChI is InChI=1S/C22H20N4O2S/c1-29(27,28)26-18-5-2-14(3-6-18)17-11-19-20(13-25-22(19)24-12-17)15-4-7-21-16(10-15)8-9-23-21/h2-7,10-13,23,26H,8-9H2,1H3,(H,24,25). The van der Waals surface area contributed by atoms with Crippen LogP contribution in [-0.2, 0) is 16.4 Å². The van der Waals surface area contributed by atoms with Crippen LogP contribution < -0.4 is 10.0 Å². The highest BCUT2D eigenvalue weighted by Crippen LogP contribution is 2.34. The maximum absolute atomic E-state index is 11.4. The third kappa shape index (κ3) is 3.45. The molecule has 2 aromatic heterocycles. The highest BCUT2D eigenvalue weighted by atomic mass is 32.2. The van der Waals surface area contributed by atoms with Gasteiger partial charge in [0.2, 0.25) is 10.0 Å². The Morgan fingerprint density at radius 3 is 2.59 bits per heavy atom. The van der Waals surface area contributed by atoms with Gasteiger partial charge in [0, 0.05) is 46.8 Å². The topological polar surface area (TPSA) is 86.9 Å². The second-order valence-corrected chi connectivity index (χ2v) is 9.07. The van der Waals surface area contributed by atoms with Gasteiger partial charge in [-0.15, -0.1) is 0 Å². The van der Waals surface area contributed by atoms with Gasteiger partial charge in [0.1, 0.15) is 5.65 Å². The van der Waals surface area contributed by atoms with Crippen molar-refractivity contribution >= 4 is 32.4 Å². The lowest BCUT2D eigenvalue weighted by atomic mass is 10.00. The second kappa shape index (κ2) is 6.63. The molecule has 1 aliphatic rings. The molecule has 5 rings (SSSR count). The van der Waals surface area contributed by atoms with Gasteiger partial charge < -0.3 is 10.3 Å². The van der Waals surface area contributed by atoms with E-state index in [1.807, 2.05) is 24.5 Å². The molecule has 0 spiro atoms. The summed E-state index contributed by atoms with van der Waals surface area (Å²) in [4.78, 5) is 7.84. The summed E-state index contributed by atoms with van der Waals surface area (Å²) in [5, 5.41) is 4.46. The number of aromatic nitrogens is 2. The molecule has 0 saturated heterocycles. The van der Waals surface area contributed by atoms with E-state index in [4.69, 9.17) is 0 Å². The quantitative estimate of drug-likeness (QED) is 0.475. The Hall–Kier alpha value is -3.32. The van der Waals surface area contributed by atoms with Crippen molar-refractivity contribution in [3.05, 3.63) is 66.5 Å². The fraction of sp³-hybridized carbons (Fsp3) is 0.136. The highest BCUT2D eigenvalue weighted by molar-refractivity contribution is 7.92. The van der Waals surface area contributed by atoms with Crippen molar-refractivity contribution in [3.8, 4) is 22.3 Å². The number of hydrogen-bond acceptors (Lipinski definition) is 4. The predicted molar refractivity (Wildman–Crippen MR) is 118 cm³/mol. The molecule has 0 saturated carbocycles. The van der Waals surface area contributed by atoms with Gasteiger partial charge >= 0.3 is 0 Å². The summed E-state index contributed by atoms with van der Waals surface area (Å²) in [6, 6.07) is 15.9. The molecule has 4 aromatic rings. The molecule has 0 amide bonds. The summed E-state index contributed by atoms with van der Waals surface area (Å²) in [5.74, 6) is 0. The van der Waals surface area contributed by atoms with Gasteiger partial charge in [-0.2, -0.15) is 0 Å². The number of aromatic amines is 1. The van der Waals surface area contributed by atoms with Crippen molar-refractivity contribution in [3.63, 3.8) is 0 Å². The molecule has 0 radical (unpaired) electrons. The second-order valence-electron chi connectivity index (χ2n) is 7.32. The maximum atomic E-state index is 11.4. The number of benzene rings is 2. The van der Waals surface area contributed by atoms with Gasteiger partial charge in [-0.25, -0.2) is 13.4 Å². The lowest BCUT2D eigenvalue weighted by molar-refractivity contribution is 0.607. The Morgan fingerprint density at radius 1 is 1.00 bits per heavy atom. The Balaban J connectivity index is 1.53. The molecule has 2 aromatic carbocycles. The van der Waals surface area contributed by atoms with Crippen LogP contribution in [0.4, 0.5) is 11.4 Å². The molecule has 29 heavy (non-hydrogen) atoms. The Bertz CT molecular complexity index is 1320. The van der Waals surface area contributed by atoms with Crippen LogP contribution in [0.15, 0.2) is 60.9 Å². The number of fused-ring (bicyclic) bond motifs is 2. The SMILES string of the molecule is CS(=O)(=O)Nc1ccc(-c2cnc3[nH]cc(-c4ccc5c(c4)CCN5)c3c2)cc1. The van der Waals surface area contributed by atoms with Crippen molar-refractivity contribution < 1.29 is 8.42 Å². The monoisotopic (exact) mass is 404 g/mol. The van der Waals surface area contributed by atoms with E-state index >= 15 is 0 Å². The molecule has 0 bridgehead atoms. The molecule has 0 unspecified atom stereocenters. The first kappa shape index (κ1) is 17.8. The van der Waals surface area contributed by atoms with Crippen LogP contribution in [0.1, 0.15) is 5.56 Å². The van der Waals surface area contributed by atoms with Crippen molar-refractivity contribution in [1.29, 1.82) is 0 Å². The van der Waals surface area contributed by atoms with E-state index < -0.39 is 10.0 Å². The van der Waals surface area contributed by atoms with Crippen LogP contribution in [0.5, 0.6) is 0 Å². The molecule has 7 heteroatoms. The molecule has 0 fully saturated rings. The van der Waals surface area contributed by atoms with Crippen LogP contribution in [-0.4, -0.2) is 31.2 Å². The minimum Gasteiger partial charge on any atom is -0.384 e. The zero-order valence-corrected chi connectivity index (χ0v) is 16.7. The van der Waals surface area contributed by atoms with Gasteiger partial charge in [-0.3, -0.25) is 4.72 Å². The lowest BCUT2D eigenvalue weighted by Gasteiger charge is -2.07. The number of nitrogens with one attached hydrogen (secondary N) is 3. The molecular weight excluding hydrogens is 384 g/mol. The zero-order chi connectivity index (χ0) is 20.0. The van der Waals surface area contributed by atoms with Crippen LogP contribution in [0.25, 0.3) is 33.3 Å². The summed E-state index contributed by atoms with van der Waals surface area (Å²) >= 11 is 0. The first-order valence-electron chi connectivity index (χ1n) is 9.39. The van der Waals surface area contributed by atoms with Crippen molar-refractivity contribution in [2.24, 2.45) is 0 Å². The molecule has 0 atom stereocenters. The number of pyridine rings is 1. The van der Waals surface area contributed by atoms with Gasteiger partial charge in [0.15, 0.2) is 0 Å². The van der Waals surface area contributed by atoms with Crippen molar-refractivity contribution in [2.45, 2.75) is 6.42 Å². The molecule has 1 aliphatic heterocycles. The summed E-state index contributed by atoms with van der Waals surface area (Å²) in [6.07, 6.45) is 6.02. The summed E-state index contributed by atoms with van der Waals surface area (Å²) in [6.45, 7) is 0.989. The maximum Gasteiger partial charge on any atom is 0.229 e. The Morgan fingerprint density at radius 2 is 1.79 bits per heavy atom. The minimum atomic E-state index is -3.29. The number of rotatable bonds is 4. The fourth-order valence-corrected chi connectivity index (χ4v) is 4.38. The van der Waals surface area contributed by atoms with E-state index in [9.17, 15) is 8.42 Å². The molecule has 0 aliphatic carbocycles. The number of anilines is 2. The molecule has 6 nitrogen and oxygen atoms in total. The minimum absolute atomic E-state index is 0.541. The molecular formula is C22H20N4O2S. The summed E-state index contributed by atoms with van der Waals surface area (Å²) < 4.78 is 25.3. The third-order valence-electron chi connectivity index (χ3n) is 5.18. The van der Waals surface area contributed by atoms with Crippen LogP contribution in [0.2, 0.25) is 0 Å². The fourth-order valence-electron chi connectivity index (χ4n) is 3.82. The van der Waals surface area contributed by atoms with Crippen LogP contribution in [0.3, 0.4) is 0 Å². The first-order valence-corrected chi connectivity index (χ1v) is 11.3. The van der Waals surface area contributed by atoms with Crippen LogP contribution in [0, 0.1) is 0 Å². The predicted octanol–water partition coefficient (Wildman–Crippen LogP) is 4.24. The Kier molecular flexibility index (Phi) is 4.06. The van der Waals surface area contributed by atoms with E-state index in [2.05, 4.69) is 44.3 Å². The molecule has 146 valence electrons. The molecule has 3 N–H and O–H groups in total. The number of H-pyrrole nitrogens is 1. The number of sulfonamides is 1. The molecule has 3 heterocycles. The van der Waals surface area contributed by atoms with Crippen molar-refractivity contribution in [1.82, 2.24) is 9.97 Å². The van der Waals surface area contributed by atoms with E-state index in [-0.39, 0.29) is 0 Å².